The second-order valence-corrected chi connectivity index (χ2v) is 3.40. The van der Waals surface area contributed by atoms with E-state index in [2.05, 4.69) is 4.98 Å². The van der Waals surface area contributed by atoms with Gasteiger partial charge in [-0.25, -0.2) is 9.78 Å². The summed E-state index contributed by atoms with van der Waals surface area (Å²) in [5.74, 6) is -0.903. The number of benzene rings is 1. The van der Waals surface area contributed by atoms with Crippen molar-refractivity contribution < 1.29 is 20.0 Å². The SMILES string of the molecule is O=C(O)c1cccc(-c2cc[nH+]cc2)c1.O=[N+]([O-])[O-]. The second-order valence-electron chi connectivity index (χ2n) is 3.40. The van der Waals surface area contributed by atoms with Gasteiger partial charge in [0, 0.05) is 12.1 Å². The number of hydrogen-bond acceptors (Lipinski definition) is 4. The van der Waals surface area contributed by atoms with Crippen LogP contribution in [0.4, 0.5) is 0 Å². The van der Waals surface area contributed by atoms with Crippen LogP contribution < -0.4 is 4.98 Å². The molecule has 2 N–H and O–H groups in total. The molecular formula is C12H10N2O5. The van der Waals surface area contributed by atoms with Gasteiger partial charge in [-0.05, 0) is 23.3 Å². The van der Waals surface area contributed by atoms with Crippen molar-refractivity contribution in [3.05, 3.63) is 69.7 Å². The number of nitrogens with zero attached hydrogens (tertiary/aromatic N) is 1. The molecule has 0 aliphatic rings. The molecule has 0 spiro atoms. The number of nitrogens with one attached hydrogen (secondary N) is 1. The zero-order chi connectivity index (χ0) is 14.3. The zero-order valence-electron chi connectivity index (χ0n) is 9.65. The van der Waals surface area contributed by atoms with Gasteiger partial charge in [-0.3, -0.25) is 0 Å². The summed E-state index contributed by atoms with van der Waals surface area (Å²) in [6, 6.07) is 10.7. The van der Waals surface area contributed by atoms with E-state index < -0.39 is 11.1 Å². The number of aromatic amines is 1. The molecule has 7 heteroatoms. The van der Waals surface area contributed by atoms with Crippen molar-refractivity contribution in [2.45, 2.75) is 0 Å². The monoisotopic (exact) mass is 262 g/mol. The van der Waals surface area contributed by atoms with Crippen LogP contribution in [-0.4, -0.2) is 16.2 Å². The molecule has 2 aromatic rings. The normalized spacial score (nSPS) is 9.05. The zero-order valence-corrected chi connectivity index (χ0v) is 9.65. The third kappa shape index (κ3) is 4.82. The smallest absolute Gasteiger partial charge is 0.335 e. The van der Waals surface area contributed by atoms with Crippen LogP contribution in [0.2, 0.25) is 0 Å². The van der Waals surface area contributed by atoms with Crippen molar-refractivity contribution in [1.29, 1.82) is 0 Å². The molecule has 0 fully saturated rings. The summed E-state index contributed by atoms with van der Waals surface area (Å²) in [5.41, 5.74) is 2.21. The van der Waals surface area contributed by atoms with Crippen LogP contribution in [-0.2, 0) is 0 Å². The Morgan fingerprint density at radius 1 is 1.11 bits per heavy atom. The maximum Gasteiger partial charge on any atom is 0.335 e. The minimum atomic E-state index is -1.75. The Morgan fingerprint density at radius 2 is 1.68 bits per heavy atom. The van der Waals surface area contributed by atoms with Gasteiger partial charge in [0.1, 0.15) is 0 Å². The van der Waals surface area contributed by atoms with Gasteiger partial charge in [-0.15, -0.1) is 0 Å². The molecule has 0 radical (unpaired) electrons. The lowest BCUT2D eigenvalue weighted by atomic mass is 10.0. The van der Waals surface area contributed by atoms with Crippen molar-refractivity contribution in [3.63, 3.8) is 0 Å². The minimum absolute atomic E-state index is 0.306. The Labute approximate surface area is 107 Å². The summed E-state index contributed by atoms with van der Waals surface area (Å²) in [6.07, 6.45) is 3.62. The first kappa shape index (κ1) is 14.1. The molecule has 2 rings (SSSR count). The lowest BCUT2D eigenvalue weighted by Gasteiger charge is -2.00. The van der Waals surface area contributed by atoms with Crippen LogP contribution in [0.5, 0.6) is 0 Å². The lowest BCUT2D eigenvalue weighted by molar-refractivity contribution is -0.402. The molecular weight excluding hydrogens is 252 g/mol. The van der Waals surface area contributed by atoms with E-state index in [0.29, 0.717) is 5.56 Å². The first-order valence-corrected chi connectivity index (χ1v) is 5.12. The van der Waals surface area contributed by atoms with E-state index in [1.54, 1.807) is 18.2 Å². The third-order valence-electron chi connectivity index (χ3n) is 2.16. The van der Waals surface area contributed by atoms with Crippen LogP contribution in [0, 0.1) is 15.3 Å². The fourth-order valence-corrected chi connectivity index (χ4v) is 1.41. The molecule has 1 aromatic heterocycles. The predicted molar refractivity (Wildman–Crippen MR) is 65.8 cm³/mol. The van der Waals surface area contributed by atoms with Crippen LogP contribution in [0.3, 0.4) is 0 Å². The standard InChI is InChI=1S/C12H9NO2.NO3/c14-12(15)11-3-1-2-10(8-11)9-4-6-13-7-5-9;2-1(3)4/h1-8H,(H,14,15);/q;-1/p+1. The Bertz CT molecular complexity index is 567. The summed E-state index contributed by atoms with van der Waals surface area (Å²) in [6.45, 7) is 0. The number of carbonyl (C=O) groups is 1. The van der Waals surface area contributed by atoms with E-state index >= 15 is 0 Å². The molecule has 1 aromatic carbocycles. The molecule has 19 heavy (non-hydrogen) atoms. The fraction of sp³-hybridized carbons (Fsp3) is 0. The number of carboxylic acids is 1. The van der Waals surface area contributed by atoms with E-state index in [-0.39, 0.29) is 0 Å². The molecule has 0 atom stereocenters. The van der Waals surface area contributed by atoms with Crippen LogP contribution in [0.1, 0.15) is 10.4 Å². The van der Waals surface area contributed by atoms with Crippen molar-refractivity contribution in [3.8, 4) is 11.1 Å². The average molecular weight is 262 g/mol. The van der Waals surface area contributed by atoms with Crippen LogP contribution >= 0.6 is 0 Å². The molecule has 0 saturated carbocycles. The highest BCUT2D eigenvalue weighted by Crippen LogP contribution is 2.18. The number of hydrogen-bond donors (Lipinski definition) is 1. The molecule has 0 saturated heterocycles. The molecule has 0 aliphatic heterocycles. The average Bonchev–Trinajstić information content (AvgIpc) is 2.39. The summed E-state index contributed by atoms with van der Waals surface area (Å²) >= 11 is 0. The van der Waals surface area contributed by atoms with E-state index in [0.717, 1.165) is 11.1 Å². The molecule has 1 heterocycles. The number of pyridine rings is 1. The molecule has 7 nitrogen and oxygen atoms in total. The van der Waals surface area contributed by atoms with Gasteiger partial charge in [-0.2, -0.15) is 0 Å². The van der Waals surface area contributed by atoms with Gasteiger partial charge >= 0.3 is 5.97 Å². The number of H-pyrrole nitrogens is 1. The Balaban J connectivity index is 0.000000399. The van der Waals surface area contributed by atoms with Crippen molar-refractivity contribution in [2.75, 3.05) is 0 Å². The number of aromatic carboxylic acids is 1. The molecule has 0 aliphatic carbocycles. The highest BCUT2D eigenvalue weighted by Gasteiger charge is 2.04. The highest BCUT2D eigenvalue weighted by molar-refractivity contribution is 5.89. The van der Waals surface area contributed by atoms with Crippen LogP contribution in [0.25, 0.3) is 11.1 Å². The van der Waals surface area contributed by atoms with Gasteiger partial charge in [0.2, 0.25) is 0 Å². The van der Waals surface area contributed by atoms with E-state index in [1.807, 2.05) is 30.6 Å². The summed E-state index contributed by atoms with van der Waals surface area (Å²) < 4.78 is 0. The molecule has 0 bridgehead atoms. The maximum atomic E-state index is 10.8. The second kappa shape index (κ2) is 6.70. The van der Waals surface area contributed by atoms with E-state index in [1.165, 1.54) is 0 Å². The van der Waals surface area contributed by atoms with Gasteiger partial charge in [-0.1, -0.05) is 12.1 Å². The highest BCUT2D eigenvalue weighted by atomic mass is 16.9. The predicted octanol–water partition coefficient (Wildman–Crippen LogP) is 1.63. The Hall–Kier alpha value is -2.96. The molecule has 0 amide bonds. The number of aromatic nitrogens is 1. The van der Waals surface area contributed by atoms with Crippen molar-refractivity contribution >= 4 is 5.97 Å². The van der Waals surface area contributed by atoms with Gasteiger partial charge in [0.15, 0.2) is 12.4 Å². The fourth-order valence-electron chi connectivity index (χ4n) is 1.41. The van der Waals surface area contributed by atoms with Crippen molar-refractivity contribution in [1.82, 2.24) is 0 Å². The van der Waals surface area contributed by atoms with Crippen molar-refractivity contribution in [2.24, 2.45) is 0 Å². The van der Waals surface area contributed by atoms with Gasteiger partial charge < -0.3 is 20.4 Å². The Kier molecular flexibility index (Phi) is 4.97. The van der Waals surface area contributed by atoms with Gasteiger partial charge in [0.05, 0.1) is 10.7 Å². The summed E-state index contributed by atoms with van der Waals surface area (Å²) in [4.78, 5) is 22.0. The van der Waals surface area contributed by atoms with Crippen LogP contribution in [0.15, 0.2) is 48.8 Å². The molecule has 98 valence electrons. The number of rotatable bonds is 2. The first-order valence-electron chi connectivity index (χ1n) is 5.12. The quantitative estimate of drug-likeness (QED) is 0.651. The minimum Gasteiger partial charge on any atom is -0.478 e. The number of carboxylic acid groups (broad SMARTS) is 1. The lowest BCUT2D eigenvalue weighted by Crippen LogP contribution is -1.98. The largest absolute Gasteiger partial charge is 0.478 e. The first-order chi connectivity index (χ1) is 9.00. The Morgan fingerprint density at radius 3 is 2.21 bits per heavy atom. The summed E-state index contributed by atoms with van der Waals surface area (Å²) in [7, 11) is 0. The van der Waals surface area contributed by atoms with E-state index in [9.17, 15) is 4.79 Å². The maximum absolute atomic E-state index is 10.8. The molecule has 0 unspecified atom stereocenters. The topological polar surface area (TPSA) is 118 Å². The summed E-state index contributed by atoms with van der Waals surface area (Å²) in [5, 5.41) is 23.6. The third-order valence-corrected chi connectivity index (χ3v) is 2.16. The van der Waals surface area contributed by atoms with E-state index in [4.69, 9.17) is 20.4 Å². The van der Waals surface area contributed by atoms with Gasteiger partial charge in [0.25, 0.3) is 0 Å².